The van der Waals surface area contributed by atoms with Gasteiger partial charge < -0.3 is 9.52 Å². The molecule has 0 saturated heterocycles. The molecule has 2 aromatic heterocycles. The van der Waals surface area contributed by atoms with Gasteiger partial charge in [-0.05, 0) is 17.7 Å². The van der Waals surface area contributed by atoms with Crippen molar-refractivity contribution in [1.29, 1.82) is 0 Å². The third kappa shape index (κ3) is 2.37. The predicted molar refractivity (Wildman–Crippen MR) is 75.9 cm³/mol. The molecule has 0 aliphatic rings. The summed E-state index contributed by atoms with van der Waals surface area (Å²) in [5.74, 6) is -4.41. The highest BCUT2D eigenvalue weighted by molar-refractivity contribution is 5.85. The van der Waals surface area contributed by atoms with Crippen molar-refractivity contribution < 1.29 is 23.1 Å². The SMILES string of the molecule is Cn1c(=O)n(Cc2ccc(F)c(F)c2)c(=O)c2oc(C(=O)O)nc21. The van der Waals surface area contributed by atoms with Crippen molar-refractivity contribution in [3.63, 3.8) is 0 Å². The zero-order valence-electron chi connectivity index (χ0n) is 12.1. The number of halogens is 2. The molecular formula is C14H9F2N3O5. The molecule has 1 aromatic carbocycles. The molecule has 0 spiro atoms. The molecule has 3 rings (SSSR count). The Morgan fingerprint density at radius 3 is 2.62 bits per heavy atom. The summed E-state index contributed by atoms with van der Waals surface area (Å²) in [4.78, 5) is 39.1. The number of nitrogens with zero attached hydrogens (tertiary/aromatic N) is 3. The summed E-state index contributed by atoms with van der Waals surface area (Å²) in [6.45, 7) is -0.345. The average Bonchev–Trinajstić information content (AvgIpc) is 2.99. The lowest BCUT2D eigenvalue weighted by Gasteiger charge is -2.07. The number of carbonyl (C=O) groups is 1. The van der Waals surface area contributed by atoms with Crippen LogP contribution in [0.15, 0.2) is 32.2 Å². The fraction of sp³-hybridized carbons (Fsp3) is 0.143. The monoisotopic (exact) mass is 337 g/mol. The summed E-state index contributed by atoms with van der Waals surface area (Å²) in [6.07, 6.45) is 0. The van der Waals surface area contributed by atoms with Gasteiger partial charge in [-0.25, -0.2) is 18.4 Å². The van der Waals surface area contributed by atoms with Gasteiger partial charge >= 0.3 is 23.1 Å². The van der Waals surface area contributed by atoms with Crippen LogP contribution in [-0.2, 0) is 13.6 Å². The van der Waals surface area contributed by atoms with E-state index < -0.39 is 40.3 Å². The van der Waals surface area contributed by atoms with Crippen molar-refractivity contribution in [3.8, 4) is 0 Å². The van der Waals surface area contributed by atoms with Gasteiger partial charge in [-0.2, -0.15) is 4.98 Å². The summed E-state index contributed by atoms with van der Waals surface area (Å²) >= 11 is 0. The second-order valence-electron chi connectivity index (χ2n) is 4.96. The Morgan fingerprint density at radius 2 is 2.00 bits per heavy atom. The van der Waals surface area contributed by atoms with Crippen LogP contribution in [0.5, 0.6) is 0 Å². The van der Waals surface area contributed by atoms with E-state index in [2.05, 4.69) is 4.98 Å². The molecule has 3 aromatic rings. The van der Waals surface area contributed by atoms with Gasteiger partial charge in [0.2, 0.25) is 5.58 Å². The van der Waals surface area contributed by atoms with Crippen LogP contribution in [0.25, 0.3) is 11.2 Å². The zero-order valence-corrected chi connectivity index (χ0v) is 12.1. The number of rotatable bonds is 3. The number of carboxylic acids is 1. The molecule has 10 heteroatoms. The van der Waals surface area contributed by atoms with E-state index in [4.69, 9.17) is 9.52 Å². The highest BCUT2D eigenvalue weighted by atomic mass is 19.2. The molecule has 0 aliphatic heterocycles. The van der Waals surface area contributed by atoms with Crippen LogP contribution in [0.2, 0.25) is 0 Å². The molecule has 0 aliphatic carbocycles. The largest absolute Gasteiger partial charge is 0.474 e. The average molecular weight is 337 g/mol. The van der Waals surface area contributed by atoms with Crippen molar-refractivity contribution in [2.24, 2.45) is 7.05 Å². The molecule has 0 bridgehead atoms. The Bertz CT molecular complexity index is 1100. The van der Waals surface area contributed by atoms with Crippen LogP contribution < -0.4 is 11.2 Å². The van der Waals surface area contributed by atoms with Crippen LogP contribution in [0.1, 0.15) is 16.2 Å². The van der Waals surface area contributed by atoms with Crippen molar-refractivity contribution in [1.82, 2.24) is 14.1 Å². The number of hydrogen-bond donors (Lipinski definition) is 1. The first-order valence-electron chi connectivity index (χ1n) is 6.57. The fourth-order valence-corrected chi connectivity index (χ4v) is 2.21. The van der Waals surface area contributed by atoms with E-state index in [-0.39, 0.29) is 17.8 Å². The lowest BCUT2D eigenvalue weighted by molar-refractivity contribution is 0.0656. The highest BCUT2D eigenvalue weighted by Crippen LogP contribution is 2.11. The molecule has 8 nitrogen and oxygen atoms in total. The number of carboxylic acid groups (broad SMARTS) is 1. The van der Waals surface area contributed by atoms with E-state index in [1.165, 1.54) is 13.1 Å². The molecule has 0 radical (unpaired) electrons. The molecule has 0 amide bonds. The van der Waals surface area contributed by atoms with E-state index >= 15 is 0 Å². The fourth-order valence-electron chi connectivity index (χ4n) is 2.21. The van der Waals surface area contributed by atoms with Crippen molar-refractivity contribution in [3.05, 3.63) is 62.1 Å². The van der Waals surface area contributed by atoms with Gasteiger partial charge in [-0.3, -0.25) is 13.9 Å². The number of benzene rings is 1. The summed E-state index contributed by atoms with van der Waals surface area (Å²) in [6, 6.07) is 2.95. The van der Waals surface area contributed by atoms with Gasteiger partial charge in [0.25, 0.3) is 0 Å². The lowest BCUT2D eigenvalue weighted by atomic mass is 10.2. The van der Waals surface area contributed by atoms with Crippen LogP contribution in [-0.4, -0.2) is 25.2 Å². The maximum Gasteiger partial charge on any atom is 0.392 e. The molecule has 0 atom stereocenters. The number of aromatic nitrogens is 3. The van der Waals surface area contributed by atoms with Gasteiger partial charge in [0, 0.05) is 7.05 Å². The Kier molecular flexibility index (Phi) is 3.51. The minimum absolute atomic E-state index is 0.172. The third-order valence-electron chi connectivity index (χ3n) is 3.39. The second kappa shape index (κ2) is 5.41. The molecule has 1 N–H and O–H groups in total. The van der Waals surface area contributed by atoms with E-state index in [1.807, 2.05) is 0 Å². The Labute approximate surface area is 131 Å². The number of oxazole rings is 1. The number of hydrogen-bond acceptors (Lipinski definition) is 5. The van der Waals surface area contributed by atoms with Gasteiger partial charge in [-0.1, -0.05) is 6.07 Å². The first-order valence-corrected chi connectivity index (χ1v) is 6.57. The third-order valence-corrected chi connectivity index (χ3v) is 3.39. The summed E-state index contributed by atoms with van der Waals surface area (Å²) in [7, 11) is 1.28. The molecule has 2 heterocycles. The predicted octanol–water partition coefficient (Wildman–Crippen LogP) is 0.713. The second-order valence-corrected chi connectivity index (χ2v) is 4.96. The van der Waals surface area contributed by atoms with Crippen LogP contribution in [0.4, 0.5) is 8.78 Å². The maximum atomic E-state index is 13.3. The highest BCUT2D eigenvalue weighted by Gasteiger charge is 2.21. The first-order chi connectivity index (χ1) is 11.3. The summed E-state index contributed by atoms with van der Waals surface area (Å²) in [5.41, 5.74) is -2.19. The standard InChI is InChI=1S/C14H9F2N3O5/c1-18-10-9(24-11(17-10)13(21)22)12(20)19(14(18)23)5-6-2-3-7(15)8(16)4-6/h2-4H,5H2,1H3,(H,21,22). The quantitative estimate of drug-likeness (QED) is 0.754. The zero-order chi connectivity index (χ0) is 17.6. The Hall–Kier alpha value is -3.30. The van der Waals surface area contributed by atoms with Gasteiger partial charge in [-0.15, -0.1) is 0 Å². The molecule has 0 fully saturated rings. The van der Waals surface area contributed by atoms with Crippen molar-refractivity contribution in [2.75, 3.05) is 0 Å². The van der Waals surface area contributed by atoms with Crippen LogP contribution >= 0.6 is 0 Å². The molecule has 124 valence electrons. The van der Waals surface area contributed by atoms with E-state index in [0.717, 1.165) is 16.7 Å². The summed E-state index contributed by atoms with van der Waals surface area (Å²) < 4.78 is 32.8. The Morgan fingerprint density at radius 1 is 1.29 bits per heavy atom. The van der Waals surface area contributed by atoms with Gasteiger partial charge in [0.1, 0.15) is 0 Å². The lowest BCUT2D eigenvalue weighted by Crippen LogP contribution is -2.39. The van der Waals surface area contributed by atoms with Crippen molar-refractivity contribution >= 4 is 17.2 Å². The van der Waals surface area contributed by atoms with Crippen LogP contribution in [0.3, 0.4) is 0 Å². The van der Waals surface area contributed by atoms with E-state index in [1.54, 1.807) is 0 Å². The van der Waals surface area contributed by atoms with E-state index in [0.29, 0.717) is 4.57 Å². The maximum absolute atomic E-state index is 13.3. The number of fused-ring (bicyclic) bond motifs is 1. The molecule has 0 saturated carbocycles. The smallest absolute Gasteiger partial charge is 0.392 e. The number of aryl methyl sites for hydroxylation is 1. The topological polar surface area (TPSA) is 107 Å². The minimum atomic E-state index is -1.50. The first kappa shape index (κ1) is 15.6. The number of aromatic carboxylic acids is 1. The molecule has 24 heavy (non-hydrogen) atoms. The minimum Gasteiger partial charge on any atom is -0.474 e. The molecular weight excluding hydrogens is 328 g/mol. The van der Waals surface area contributed by atoms with Gasteiger partial charge in [0.05, 0.1) is 6.54 Å². The molecule has 0 unspecified atom stereocenters. The van der Waals surface area contributed by atoms with Crippen molar-refractivity contribution in [2.45, 2.75) is 6.54 Å². The Balaban J connectivity index is 2.21. The van der Waals surface area contributed by atoms with Gasteiger partial charge in [0.15, 0.2) is 17.3 Å². The normalized spacial score (nSPS) is 11.1. The summed E-state index contributed by atoms with van der Waals surface area (Å²) in [5, 5.41) is 8.87. The van der Waals surface area contributed by atoms with E-state index in [9.17, 15) is 23.2 Å². The van der Waals surface area contributed by atoms with Crippen LogP contribution in [0, 0.1) is 11.6 Å².